The predicted octanol–water partition coefficient (Wildman–Crippen LogP) is 4.28. The van der Waals surface area contributed by atoms with Gasteiger partial charge in [0.05, 0.1) is 18.7 Å². The molecule has 29 heavy (non-hydrogen) atoms. The van der Waals surface area contributed by atoms with Crippen molar-refractivity contribution in [2.75, 3.05) is 18.5 Å². The molecule has 0 saturated heterocycles. The topological polar surface area (TPSA) is 54.5 Å². The summed E-state index contributed by atoms with van der Waals surface area (Å²) in [6.45, 7) is 5.38. The van der Waals surface area contributed by atoms with Crippen LogP contribution < -0.4 is 10.1 Å². The largest absolute Gasteiger partial charge is 0.494 e. The molecule has 4 rings (SSSR count). The number of carbonyl (C=O) groups excluding carboxylic acids is 1. The van der Waals surface area contributed by atoms with Gasteiger partial charge in [-0.1, -0.05) is 36.4 Å². The van der Waals surface area contributed by atoms with Gasteiger partial charge in [-0.2, -0.15) is 0 Å². The van der Waals surface area contributed by atoms with Gasteiger partial charge in [0.15, 0.2) is 5.13 Å². The monoisotopic (exact) mass is 407 g/mol. The van der Waals surface area contributed by atoms with Crippen molar-refractivity contribution in [1.29, 1.82) is 0 Å². The molecule has 1 N–H and O–H groups in total. The van der Waals surface area contributed by atoms with Crippen LogP contribution in [0.5, 0.6) is 5.75 Å². The molecule has 0 radical (unpaired) electrons. The minimum atomic E-state index is -0.0537. The number of thiazole rings is 1. The highest BCUT2D eigenvalue weighted by Crippen LogP contribution is 2.22. The van der Waals surface area contributed by atoms with Gasteiger partial charge in [0.25, 0.3) is 0 Å². The molecule has 1 amide bonds. The van der Waals surface area contributed by atoms with Crippen molar-refractivity contribution in [3.8, 4) is 5.75 Å². The second-order valence-electron chi connectivity index (χ2n) is 7.18. The van der Waals surface area contributed by atoms with Gasteiger partial charge in [-0.25, -0.2) is 4.98 Å². The first kappa shape index (κ1) is 19.6. The third kappa shape index (κ3) is 5.22. The lowest BCUT2D eigenvalue weighted by Crippen LogP contribution is -2.30. The molecular formula is C23H25N3O2S. The Balaban J connectivity index is 1.29. The average Bonchev–Trinajstić information content (AvgIpc) is 3.16. The summed E-state index contributed by atoms with van der Waals surface area (Å²) in [6.07, 6.45) is 1.40. The highest BCUT2D eigenvalue weighted by atomic mass is 32.1. The van der Waals surface area contributed by atoms with Crippen LogP contribution >= 0.6 is 11.3 Å². The average molecular weight is 408 g/mol. The molecular weight excluding hydrogens is 382 g/mol. The van der Waals surface area contributed by atoms with E-state index >= 15 is 0 Å². The summed E-state index contributed by atoms with van der Waals surface area (Å²) < 4.78 is 5.43. The quantitative estimate of drug-likeness (QED) is 0.635. The number of anilines is 1. The number of hydrogen-bond donors (Lipinski definition) is 1. The van der Waals surface area contributed by atoms with Gasteiger partial charge in [-0.15, -0.1) is 11.3 Å². The van der Waals surface area contributed by atoms with Gasteiger partial charge in [-0.3, -0.25) is 9.69 Å². The minimum absolute atomic E-state index is 0.0537. The van der Waals surface area contributed by atoms with Gasteiger partial charge in [0, 0.05) is 25.0 Å². The Labute approximate surface area is 175 Å². The normalized spacial score (nSPS) is 13.7. The maximum absolute atomic E-state index is 12.3. The van der Waals surface area contributed by atoms with E-state index in [1.807, 2.05) is 36.6 Å². The summed E-state index contributed by atoms with van der Waals surface area (Å²) in [7, 11) is 0. The van der Waals surface area contributed by atoms with E-state index in [9.17, 15) is 4.79 Å². The molecule has 0 atom stereocenters. The van der Waals surface area contributed by atoms with E-state index in [1.165, 1.54) is 22.5 Å². The van der Waals surface area contributed by atoms with E-state index in [0.717, 1.165) is 43.1 Å². The summed E-state index contributed by atoms with van der Waals surface area (Å²) in [5, 5.41) is 5.62. The molecule has 1 aliphatic rings. The van der Waals surface area contributed by atoms with Gasteiger partial charge in [-0.05, 0) is 42.2 Å². The van der Waals surface area contributed by atoms with Crippen LogP contribution in [0.2, 0.25) is 0 Å². The number of benzene rings is 2. The van der Waals surface area contributed by atoms with Gasteiger partial charge >= 0.3 is 0 Å². The van der Waals surface area contributed by atoms with Crippen molar-refractivity contribution in [3.05, 3.63) is 76.3 Å². The van der Waals surface area contributed by atoms with Crippen molar-refractivity contribution < 1.29 is 9.53 Å². The Kier molecular flexibility index (Phi) is 6.22. The van der Waals surface area contributed by atoms with Crippen molar-refractivity contribution in [3.63, 3.8) is 0 Å². The van der Waals surface area contributed by atoms with Crippen LogP contribution in [0.25, 0.3) is 0 Å². The van der Waals surface area contributed by atoms with E-state index < -0.39 is 0 Å². The van der Waals surface area contributed by atoms with E-state index in [0.29, 0.717) is 18.2 Å². The van der Waals surface area contributed by atoms with Gasteiger partial charge < -0.3 is 10.1 Å². The third-order valence-electron chi connectivity index (χ3n) is 4.99. The highest BCUT2D eigenvalue weighted by Gasteiger charge is 2.17. The number of rotatable bonds is 7. The third-order valence-corrected chi connectivity index (χ3v) is 5.80. The molecule has 5 nitrogen and oxygen atoms in total. The predicted molar refractivity (Wildman–Crippen MR) is 116 cm³/mol. The Hall–Kier alpha value is -2.70. The molecule has 2 aromatic carbocycles. The minimum Gasteiger partial charge on any atom is -0.494 e. The summed E-state index contributed by atoms with van der Waals surface area (Å²) >= 11 is 1.48. The standard InChI is InChI=1S/C23H25N3O2S/c1-2-28-21-9-7-17(8-10-21)13-22(27)25-23-24-20(16-29-23)15-26-12-11-18-5-3-4-6-19(18)14-26/h3-10,16H,2,11-15H2,1H3,(H,24,25,27). The first-order valence-electron chi connectivity index (χ1n) is 9.94. The Morgan fingerprint density at radius 1 is 1.17 bits per heavy atom. The van der Waals surface area contributed by atoms with E-state index in [-0.39, 0.29) is 5.91 Å². The number of carbonyl (C=O) groups is 1. The maximum atomic E-state index is 12.3. The summed E-state index contributed by atoms with van der Waals surface area (Å²) in [5.74, 6) is 0.767. The Morgan fingerprint density at radius 3 is 2.76 bits per heavy atom. The van der Waals surface area contributed by atoms with Crippen molar-refractivity contribution in [2.24, 2.45) is 0 Å². The summed E-state index contributed by atoms with van der Waals surface area (Å²) in [6, 6.07) is 16.3. The van der Waals surface area contributed by atoms with Crippen LogP contribution in [0.1, 0.15) is 29.3 Å². The van der Waals surface area contributed by atoms with Crippen LogP contribution in [0, 0.1) is 0 Å². The van der Waals surface area contributed by atoms with E-state index in [2.05, 4.69) is 39.5 Å². The fraction of sp³-hybridized carbons (Fsp3) is 0.304. The molecule has 0 aliphatic carbocycles. The van der Waals surface area contributed by atoms with Crippen LogP contribution in [0.4, 0.5) is 5.13 Å². The molecule has 1 aliphatic heterocycles. The lowest BCUT2D eigenvalue weighted by atomic mass is 10.00. The molecule has 2 heterocycles. The van der Waals surface area contributed by atoms with E-state index in [1.54, 1.807) is 0 Å². The molecule has 150 valence electrons. The lowest BCUT2D eigenvalue weighted by molar-refractivity contribution is -0.115. The van der Waals surface area contributed by atoms with Gasteiger partial charge in [0.1, 0.15) is 5.75 Å². The number of nitrogens with one attached hydrogen (secondary N) is 1. The molecule has 1 aromatic heterocycles. The number of nitrogens with zero attached hydrogens (tertiary/aromatic N) is 2. The fourth-order valence-corrected chi connectivity index (χ4v) is 4.29. The second kappa shape index (κ2) is 9.20. The molecule has 3 aromatic rings. The van der Waals surface area contributed by atoms with Crippen LogP contribution in [-0.4, -0.2) is 28.9 Å². The van der Waals surface area contributed by atoms with Gasteiger partial charge in [0.2, 0.25) is 5.91 Å². The first-order chi connectivity index (χ1) is 14.2. The zero-order chi connectivity index (χ0) is 20.1. The van der Waals surface area contributed by atoms with Crippen molar-refractivity contribution in [1.82, 2.24) is 9.88 Å². The number of hydrogen-bond acceptors (Lipinski definition) is 5. The number of fused-ring (bicyclic) bond motifs is 1. The molecule has 0 saturated carbocycles. The highest BCUT2D eigenvalue weighted by molar-refractivity contribution is 7.13. The molecule has 0 spiro atoms. The SMILES string of the molecule is CCOc1ccc(CC(=O)Nc2nc(CN3CCc4ccccc4C3)cs2)cc1. The lowest BCUT2D eigenvalue weighted by Gasteiger charge is -2.27. The fourth-order valence-electron chi connectivity index (χ4n) is 3.57. The first-order valence-corrected chi connectivity index (χ1v) is 10.8. The Bertz CT molecular complexity index is 968. The Morgan fingerprint density at radius 2 is 1.97 bits per heavy atom. The van der Waals surface area contributed by atoms with Crippen LogP contribution in [0.15, 0.2) is 53.9 Å². The maximum Gasteiger partial charge on any atom is 0.230 e. The molecule has 0 fully saturated rings. The van der Waals surface area contributed by atoms with E-state index in [4.69, 9.17) is 4.74 Å². The number of aromatic nitrogens is 1. The smallest absolute Gasteiger partial charge is 0.230 e. The zero-order valence-corrected chi connectivity index (χ0v) is 17.4. The molecule has 6 heteroatoms. The number of amides is 1. The second-order valence-corrected chi connectivity index (χ2v) is 8.03. The van der Waals surface area contributed by atoms with Crippen molar-refractivity contribution >= 4 is 22.4 Å². The molecule has 0 unspecified atom stereocenters. The van der Waals surface area contributed by atoms with Crippen LogP contribution in [-0.2, 0) is 30.7 Å². The summed E-state index contributed by atoms with van der Waals surface area (Å²) in [4.78, 5) is 19.4. The van der Waals surface area contributed by atoms with Crippen molar-refractivity contribution in [2.45, 2.75) is 32.9 Å². The number of ether oxygens (including phenoxy) is 1. The molecule has 0 bridgehead atoms. The summed E-state index contributed by atoms with van der Waals surface area (Å²) in [5.41, 5.74) is 4.81. The van der Waals surface area contributed by atoms with Crippen LogP contribution in [0.3, 0.4) is 0 Å². The zero-order valence-electron chi connectivity index (χ0n) is 16.6.